The standard InChI is InChI=1S/C22H24F3N7O3/c23-16(24)10-34-18-6-14-20(26-3-4-32(14)31-18)27-17-5-13(29-30-17)12-1-2-15(19(12)25)35-21(33)28-22-7-11(8-22)9-22/h3-6,11-12,15-16,19H,1-2,7-10H2,(H,28,33)(H2,26,27,29,30)/t11?,12-,15-,19+,22?/m1/s1. The minimum atomic E-state index is -2.61. The Labute approximate surface area is 197 Å². The van der Waals surface area contributed by atoms with E-state index < -0.39 is 37.3 Å². The Morgan fingerprint density at radius 3 is 2.86 bits per heavy atom. The maximum Gasteiger partial charge on any atom is 0.407 e. The summed E-state index contributed by atoms with van der Waals surface area (Å²) in [6.07, 6.45) is 1.64. The van der Waals surface area contributed by atoms with Crippen molar-refractivity contribution in [2.24, 2.45) is 5.92 Å². The van der Waals surface area contributed by atoms with Crippen LogP contribution in [0.1, 0.15) is 43.7 Å². The van der Waals surface area contributed by atoms with Gasteiger partial charge in [-0.3, -0.25) is 5.10 Å². The number of nitrogens with one attached hydrogen (secondary N) is 3. The molecule has 0 aliphatic heterocycles. The first-order valence-corrected chi connectivity index (χ1v) is 11.6. The first kappa shape index (κ1) is 22.0. The summed E-state index contributed by atoms with van der Waals surface area (Å²) in [6.45, 7) is -0.762. The van der Waals surface area contributed by atoms with Crippen LogP contribution in [0.25, 0.3) is 5.52 Å². The molecule has 4 aliphatic rings. The number of aromatic amines is 1. The van der Waals surface area contributed by atoms with E-state index in [4.69, 9.17) is 9.47 Å². The average molecular weight is 491 g/mol. The summed E-state index contributed by atoms with van der Waals surface area (Å²) in [5, 5.41) is 17.1. The summed E-state index contributed by atoms with van der Waals surface area (Å²) >= 11 is 0. The molecule has 0 spiro atoms. The average Bonchev–Trinajstić information content (AvgIpc) is 3.48. The molecule has 2 bridgehead atoms. The Bertz CT molecular complexity index is 1230. The smallest absolute Gasteiger partial charge is 0.407 e. The maximum atomic E-state index is 15.1. The van der Waals surface area contributed by atoms with Crippen molar-refractivity contribution >= 4 is 23.2 Å². The number of alkyl carbamates (subject to hydrolysis) is 1. The number of carbonyl (C=O) groups is 1. The van der Waals surface area contributed by atoms with Crippen LogP contribution in [0.3, 0.4) is 0 Å². The summed E-state index contributed by atoms with van der Waals surface area (Å²) in [5.41, 5.74) is 0.957. The number of aromatic nitrogens is 5. The number of H-pyrrole nitrogens is 1. The van der Waals surface area contributed by atoms with Crippen LogP contribution < -0.4 is 15.4 Å². The van der Waals surface area contributed by atoms with Crippen molar-refractivity contribution in [1.82, 2.24) is 30.1 Å². The van der Waals surface area contributed by atoms with Crippen LogP contribution in [0.2, 0.25) is 0 Å². The number of hydrogen-bond acceptors (Lipinski definition) is 7. The van der Waals surface area contributed by atoms with Gasteiger partial charge in [0.25, 0.3) is 6.43 Å². The molecule has 35 heavy (non-hydrogen) atoms. The second-order valence-electron chi connectivity index (χ2n) is 9.58. The molecular formula is C22H24F3N7O3. The summed E-state index contributed by atoms with van der Waals surface area (Å²) in [5.74, 6) is 1.05. The number of hydrogen-bond donors (Lipinski definition) is 3. The van der Waals surface area contributed by atoms with Crippen LogP contribution >= 0.6 is 0 Å². The molecule has 0 radical (unpaired) electrons. The molecule has 4 saturated carbocycles. The van der Waals surface area contributed by atoms with E-state index in [1.54, 1.807) is 12.3 Å². The topological polar surface area (TPSA) is 118 Å². The highest BCUT2D eigenvalue weighted by molar-refractivity contribution is 5.73. The van der Waals surface area contributed by atoms with E-state index in [0.717, 1.165) is 25.2 Å². The molecule has 1 amide bonds. The number of rotatable bonds is 8. The lowest BCUT2D eigenvalue weighted by Crippen LogP contribution is -2.68. The Kier molecular flexibility index (Phi) is 5.22. The van der Waals surface area contributed by atoms with Gasteiger partial charge in [0.05, 0.1) is 0 Å². The zero-order chi connectivity index (χ0) is 24.2. The molecule has 3 aromatic heterocycles. The summed E-state index contributed by atoms with van der Waals surface area (Å²) in [7, 11) is 0. The highest BCUT2D eigenvalue weighted by Crippen LogP contribution is 2.57. The van der Waals surface area contributed by atoms with E-state index in [0.29, 0.717) is 35.7 Å². The number of halogens is 3. The fourth-order valence-corrected chi connectivity index (χ4v) is 5.31. The number of carbonyl (C=O) groups excluding carboxylic acids is 1. The van der Waals surface area contributed by atoms with Crippen molar-refractivity contribution in [1.29, 1.82) is 0 Å². The summed E-state index contributed by atoms with van der Waals surface area (Å²) in [4.78, 5) is 16.5. The molecular weight excluding hydrogens is 467 g/mol. The highest BCUT2D eigenvalue weighted by Gasteiger charge is 2.58. The molecule has 0 aromatic carbocycles. The third kappa shape index (κ3) is 4.12. The van der Waals surface area contributed by atoms with Crippen molar-refractivity contribution in [3.8, 4) is 5.88 Å². The quantitative estimate of drug-likeness (QED) is 0.440. The van der Waals surface area contributed by atoms with Crippen molar-refractivity contribution in [2.45, 2.75) is 62.3 Å². The van der Waals surface area contributed by atoms with Gasteiger partial charge in [0, 0.05) is 41.7 Å². The Balaban J connectivity index is 1.09. The minimum Gasteiger partial charge on any atom is -0.471 e. The molecule has 3 aromatic rings. The van der Waals surface area contributed by atoms with E-state index in [9.17, 15) is 13.6 Å². The number of alkyl halides is 3. The second-order valence-corrected chi connectivity index (χ2v) is 9.58. The normalized spacial score (nSPS) is 29.0. The van der Waals surface area contributed by atoms with Crippen LogP contribution in [0.5, 0.6) is 5.88 Å². The van der Waals surface area contributed by atoms with Crippen molar-refractivity contribution in [3.63, 3.8) is 0 Å². The first-order chi connectivity index (χ1) is 16.9. The molecule has 7 rings (SSSR count). The van der Waals surface area contributed by atoms with Crippen LogP contribution in [0, 0.1) is 5.92 Å². The van der Waals surface area contributed by atoms with E-state index >= 15 is 4.39 Å². The lowest BCUT2D eigenvalue weighted by Gasteiger charge is -2.61. The van der Waals surface area contributed by atoms with Crippen molar-refractivity contribution < 1.29 is 27.4 Å². The minimum absolute atomic E-state index is 0.0411. The SMILES string of the molecule is O=C(NC12CC(C1)C2)O[C@@H]1CC[C@H](c2cc(Nc3nccn4nc(OCC(F)F)cc34)n[nH]2)[C@@H]1F. The van der Waals surface area contributed by atoms with E-state index in [1.165, 1.54) is 16.8 Å². The molecule has 3 N–H and O–H groups in total. The van der Waals surface area contributed by atoms with Crippen molar-refractivity contribution in [3.05, 3.63) is 30.2 Å². The zero-order valence-electron chi connectivity index (χ0n) is 18.6. The van der Waals surface area contributed by atoms with Crippen LogP contribution in [-0.2, 0) is 4.74 Å². The van der Waals surface area contributed by atoms with E-state index in [2.05, 4.69) is 30.9 Å². The van der Waals surface area contributed by atoms with Gasteiger partial charge in [-0.15, -0.1) is 5.10 Å². The first-order valence-electron chi connectivity index (χ1n) is 11.6. The summed E-state index contributed by atoms with van der Waals surface area (Å²) < 4.78 is 51.8. The lowest BCUT2D eigenvalue weighted by atomic mass is 9.50. The number of ether oxygens (including phenoxy) is 2. The number of amides is 1. The van der Waals surface area contributed by atoms with Gasteiger partial charge in [0.15, 0.2) is 18.2 Å². The molecule has 0 saturated heterocycles. The Morgan fingerprint density at radius 2 is 2.11 bits per heavy atom. The molecule has 3 heterocycles. The number of fused-ring (bicyclic) bond motifs is 1. The molecule has 10 nitrogen and oxygen atoms in total. The van der Waals surface area contributed by atoms with Gasteiger partial charge < -0.3 is 20.1 Å². The van der Waals surface area contributed by atoms with Gasteiger partial charge in [-0.25, -0.2) is 27.5 Å². The predicted molar refractivity (Wildman–Crippen MR) is 117 cm³/mol. The van der Waals surface area contributed by atoms with Crippen LogP contribution in [0.4, 0.5) is 29.6 Å². The van der Waals surface area contributed by atoms with Crippen LogP contribution in [-0.4, -0.2) is 61.7 Å². The summed E-state index contributed by atoms with van der Waals surface area (Å²) in [6, 6.07) is 3.16. The molecule has 13 heteroatoms. The Hall–Kier alpha value is -3.51. The lowest BCUT2D eigenvalue weighted by molar-refractivity contribution is -0.0532. The second kappa shape index (κ2) is 8.31. The molecule has 4 fully saturated rings. The third-order valence-electron chi connectivity index (χ3n) is 7.13. The molecule has 0 unspecified atom stereocenters. The highest BCUT2D eigenvalue weighted by atomic mass is 19.3. The fourth-order valence-electron chi connectivity index (χ4n) is 5.31. The third-order valence-corrected chi connectivity index (χ3v) is 7.13. The Morgan fingerprint density at radius 1 is 1.29 bits per heavy atom. The zero-order valence-corrected chi connectivity index (χ0v) is 18.6. The fraction of sp³-hybridized carbons (Fsp3) is 0.545. The largest absolute Gasteiger partial charge is 0.471 e. The van der Waals surface area contributed by atoms with Gasteiger partial charge >= 0.3 is 6.09 Å². The van der Waals surface area contributed by atoms with Gasteiger partial charge in [-0.05, 0) is 38.0 Å². The van der Waals surface area contributed by atoms with E-state index in [-0.39, 0.29) is 11.4 Å². The van der Waals surface area contributed by atoms with Gasteiger partial charge in [0.1, 0.15) is 17.8 Å². The van der Waals surface area contributed by atoms with Gasteiger partial charge in [-0.1, -0.05) is 0 Å². The van der Waals surface area contributed by atoms with Crippen LogP contribution in [0.15, 0.2) is 24.5 Å². The van der Waals surface area contributed by atoms with Crippen molar-refractivity contribution in [2.75, 3.05) is 11.9 Å². The van der Waals surface area contributed by atoms with Gasteiger partial charge in [0.2, 0.25) is 5.88 Å². The monoisotopic (exact) mass is 491 g/mol. The molecule has 3 atom stereocenters. The van der Waals surface area contributed by atoms with E-state index in [1.807, 2.05) is 0 Å². The predicted octanol–water partition coefficient (Wildman–Crippen LogP) is 3.70. The number of anilines is 2. The number of nitrogens with zero attached hydrogens (tertiary/aromatic N) is 4. The maximum absolute atomic E-state index is 15.1. The molecule has 4 aliphatic carbocycles. The molecule has 186 valence electrons. The van der Waals surface area contributed by atoms with Gasteiger partial charge in [-0.2, -0.15) is 5.10 Å².